The number of rotatable bonds is 5. The molecule has 3 aromatic rings. The number of aromatic nitrogens is 2. The van der Waals surface area contributed by atoms with E-state index < -0.39 is 4.92 Å². The number of carbonyl (C=O) groups excluding carboxylic acids is 1. The first kappa shape index (κ1) is 16.7. The Bertz CT molecular complexity index is 1050. The van der Waals surface area contributed by atoms with Crippen LogP contribution in [0.4, 0.5) is 11.6 Å². The van der Waals surface area contributed by atoms with Gasteiger partial charge in [0.2, 0.25) is 5.95 Å². The molecule has 0 saturated heterocycles. The molecule has 0 saturated carbocycles. The summed E-state index contributed by atoms with van der Waals surface area (Å²) in [5.41, 5.74) is 2.13. The van der Waals surface area contributed by atoms with Crippen LogP contribution in [0.25, 0.3) is 11.0 Å². The molecule has 2 N–H and O–H groups in total. The van der Waals surface area contributed by atoms with E-state index >= 15 is 0 Å². The second-order valence-corrected chi connectivity index (χ2v) is 6.06. The fraction of sp³-hybridized carbons (Fsp3) is 0.167. The zero-order chi connectivity index (χ0) is 18.8. The van der Waals surface area contributed by atoms with Gasteiger partial charge in [-0.05, 0) is 12.1 Å². The monoisotopic (exact) mass is 364 g/mol. The summed E-state index contributed by atoms with van der Waals surface area (Å²) in [5, 5.41) is 13.8. The summed E-state index contributed by atoms with van der Waals surface area (Å²) in [6.45, 7) is 1.25. The van der Waals surface area contributed by atoms with Crippen LogP contribution in [0, 0.1) is 10.1 Å². The lowest BCUT2D eigenvalue weighted by Gasteiger charge is -2.10. The lowest BCUT2D eigenvalue weighted by Crippen LogP contribution is -2.23. The average Bonchev–Trinajstić information content (AvgIpc) is 3.35. The van der Waals surface area contributed by atoms with Gasteiger partial charge in [-0.2, -0.15) is 0 Å². The van der Waals surface area contributed by atoms with E-state index in [4.69, 9.17) is 0 Å². The van der Waals surface area contributed by atoms with E-state index in [1.54, 1.807) is 30.3 Å². The number of aromatic amines is 1. The molecule has 1 amide bonds. The van der Waals surface area contributed by atoms with Gasteiger partial charge in [0.15, 0.2) is 0 Å². The van der Waals surface area contributed by atoms with Crippen molar-refractivity contribution in [3.05, 3.63) is 63.7 Å². The number of nitrogens with zero attached hydrogens (tertiary/aromatic N) is 4. The van der Waals surface area contributed by atoms with Gasteiger partial charge in [-0.25, -0.2) is 4.98 Å². The zero-order valence-electron chi connectivity index (χ0n) is 14.3. The molecular formula is C18H16N6O3. The van der Waals surface area contributed by atoms with Crippen LogP contribution in [0.2, 0.25) is 0 Å². The molecule has 9 heteroatoms. The molecule has 1 aliphatic heterocycles. The molecule has 27 heavy (non-hydrogen) atoms. The molecule has 0 spiro atoms. The minimum Gasteiger partial charge on any atom is -0.348 e. The van der Waals surface area contributed by atoms with E-state index in [0.717, 1.165) is 5.52 Å². The summed E-state index contributed by atoms with van der Waals surface area (Å²) < 4.78 is 0. The molecule has 0 aliphatic carbocycles. The Kier molecular flexibility index (Phi) is 4.25. The lowest BCUT2D eigenvalue weighted by atomic mass is 10.1. The molecular weight excluding hydrogens is 348 g/mol. The Morgan fingerprint density at radius 1 is 1.26 bits per heavy atom. The Morgan fingerprint density at radius 2 is 2.11 bits per heavy atom. The van der Waals surface area contributed by atoms with Crippen LogP contribution in [0.1, 0.15) is 15.9 Å². The molecule has 9 nitrogen and oxygen atoms in total. The van der Waals surface area contributed by atoms with Crippen LogP contribution >= 0.6 is 0 Å². The molecule has 0 atom stereocenters. The van der Waals surface area contributed by atoms with Crippen LogP contribution in [-0.2, 0) is 6.54 Å². The van der Waals surface area contributed by atoms with Gasteiger partial charge in [-0.1, -0.05) is 24.3 Å². The molecule has 2 aromatic carbocycles. The van der Waals surface area contributed by atoms with Crippen LogP contribution in [0.15, 0.2) is 47.5 Å². The number of nitro benzene ring substituents is 1. The van der Waals surface area contributed by atoms with E-state index in [-0.39, 0.29) is 18.1 Å². The molecule has 1 aliphatic rings. The van der Waals surface area contributed by atoms with Gasteiger partial charge in [0.25, 0.3) is 11.6 Å². The number of nitro groups is 1. The number of amides is 1. The quantitative estimate of drug-likeness (QED) is 0.532. The first-order chi connectivity index (χ1) is 13.1. The van der Waals surface area contributed by atoms with Crippen molar-refractivity contribution in [2.75, 3.05) is 18.1 Å². The minimum absolute atomic E-state index is 0.0212. The van der Waals surface area contributed by atoms with Crippen LogP contribution in [0.3, 0.4) is 0 Å². The van der Waals surface area contributed by atoms with Crippen LogP contribution in [-0.4, -0.2) is 40.2 Å². The Morgan fingerprint density at radius 3 is 2.89 bits per heavy atom. The minimum atomic E-state index is -0.458. The first-order valence-corrected chi connectivity index (χ1v) is 8.36. The van der Waals surface area contributed by atoms with Gasteiger partial charge in [0.05, 0.1) is 22.5 Å². The fourth-order valence-corrected chi connectivity index (χ4v) is 2.99. The highest BCUT2D eigenvalue weighted by Crippen LogP contribution is 2.22. The van der Waals surface area contributed by atoms with Crippen LogP contribution in [0.5, 0.6) is 0 Å². The topological polar surface area (TPSA) is 117 Å². The highest BCUT2D eigenvalue weighted by molar-refractivity contribution is 6.05. The maximum absolute atomic E-state index is 12.7. The molecule has 0 radical (unpaired) electrons. The molecule has 0 bridgehead atoms. The highest BCUT2D eigenvalue weighted by atomic mass is 16.6. The number of aliphatic imine (C=N–C) groups is 1. The van der Waals surface area contributed by atoms with E-state index in [1.165, 1.54) is 6.07 Å². The summed E-state index contributed by atoms with van der Waals surface area (Å²) in [6, 6.07) is 11.6. The molecule has 136 valence electrons. The fourth-order valence-electron chi connectivity index (χ4n) is 2.99. The van der Waals surface area contributed by atoms with Crippen molar-refractivity contribution >= 4 is 34.8 Å². The number of fused-ring (bicyclic) bond motifs is 1. The number of para-hydroxylation sites is 2. The second kappa shape index (κ2) is 6.87. The standard InChI is InChI=1S/C18H16N6O3/c25-17(20-10-12-4-1-2-7-15(12)24(26)27)13-5-3-6-14-16(13)22-18(21-14)23-9-8-19-11-23/h1-8H,9-11H2,(H,20,25)(H,21,22). The van der Waals surface area contributed by atoms with Gasteiger partial charge >= 0.3 is 0 Å². The Hall–Kier alpha value is -3.75. The lowest BCUT2D eigenvalue weighted by molar-refractivity contribution is -0.385. The van der Waals surface area contributed by atoms with E-state index in [9.17, 15) is 14.9 Å². The number of carbonyl (C=O) groups is 1. The predicted molar refractivity (Wildman–Crippen MR) is 101 cm³/mol. The van der Waals surface area contributed by atoms with Crippen LogP contribution < -0.4 is 10.2 Å². The van der Waals surface area contributed by atoms with Crippen molar-refractivity contribution in [1.82, 2.24) is 15.3 Å². The number of hydrogen-bond acceptors (Lipinski definition) is 6. The van der Waals surface area contributed by atoms with E-state index in [2.05, 4.69) is 20.3 Å². The van der Waals surface area contributed by atoms with E-state index in [1.807, 2.05) is 17.2 Å². The Labute approximate surface area is 153 Å². The summed E-state index contributed by atoms with van der Waals surface area (Å²) in [7, 11) is 0. The molecule has 4 rings (SSSR count). The van der Waals surface area contributed by atoms with Crippen molar-refractivity contribution in [3.8, 4) is 0 Å². The van der Waals surface area contributed by atoms with Crippen molar-refractivity contribution in [3.63, 3.8) is 0 Å². The molecule has 0 unspecified atom stereocenters. The second-order valence-electron chi connectivity index (χ2n) is 6.06. The van der Waals surface area contributed by atoms with Gasteiger partial charge < -0.3 is 15.2 Å². The summed E-state index contributed by atoms with van der Waals surface area (Å²) >= 11 is 0. The average molecular weight is 364 g/mol. The van der Waals surface area contributed by atoms with Crippen molar-refractivity contribution in [1.29, 1.82) is 0 Å². The number of H-pyrrole nitrogens is 1. The summed E-state index contributed by atoms with van der Waals surface area (Å²) in [6.07, 6.45) is 1.81. The largest absolute Gasteiger partial charge is 0.348 e. The maximum Gasteiger partial charge on any atom is 0.274 e. The SMILES string of the molecule is O=C(NCc1ccccc1[N+](=O)[O-])c1cccc2[nH]c(N3CC=NC3)nc12. The van der Waals surface area contributed by atoms with Gasteiger partial charge in [0.1, 0.15) is 12.2 Å². The third-order valence-corrected chi connectivity index (χ3v) is 4.36. The summed E-state index contributed by atoms with van der Waals surface area (Å²) in [4.78, 5) is 37.2. The zero-order valence-corrected chi connectivity index (χ0v) is 14.3. The van der Waals surface area contributed by atoms with Crippen molar-refractivity contribution < 1.29 is 9.72 Å². The molecule has 2 heterocycles. The predicted octanol–water partition coefficient (Wildman–Crippen LogP) is 2.25. The number of nitrogens with one attached hydrogen (secondary N) is 2. The number of imidazole rings is 1. The molecule has 1 aromatic heterocycles. The van der Waals surface area contributed by atoms with Gasteiger partial charge in [-0.15, -0.1) is 0 Å². The van der Waals surface area contributed by atoms with Gasteiger partial charge in [-0.3, -0.25) is 19.9 Å². The van der Waals surface area contributed by atoms with E-state index in [0.29, 0.717) is 35.8 Å². The smallest absolute Gasteiger partial charge is 0.274 e. The van der Waals surface area contributed by atoms with Crippen molar-refractivity contribution in [2.24, 2.45) is 4.99 Å². The number of anilines is 1. The Balaban J connectivity index is 1.57. The highest BCUT2D eigenvalue weighted by Gasteiger charge is 2.18. The third-order valence-electron chi connectivity index (χ3n) is 4.36. The normalized spacial score (nSPS) is 13.3. The van der Waals surface area contributed by atoms with Crippen molar-refractivity contribution in [2.45, 2.75) is 6.54 Å². The van der Waals surface area contributed by atoms with Gasteiger partial charge in [0, 0.05) is 24.4 Å². The molecule has 0 fully saturated rings. The number of hydrogen-bond donors (Lipinski definition) is 2. The third kappa shape index (κ3) is 3.22. The maximum atomic E-state index is 12.7. The number of benzene rings is 2. The first-order valence-electron chi connectivity index (χ1n) is 8.36. The summed E-state index contributed by atoms with van der Waals surface area (Å²) in [5.74, 6) is 0.316.